The molecule has 0 aliphatic rings. The van der Waals surface area contributed by atoms with Crippen LogP contribution in [0.15, 0.2) is 47.6 Å². The van der Waals surface area contributed by atoms with Crippen molar-refractivity contribution in [2.24, 2.45) is 5.10 Å². The molecular formula is C20H23N3O4S. The zero-order chi connectivity index (χ0) is 20.4. The smallest absolute Gasteiger partial charge is 0.337 e. The highest BCUT2D eigenvalue weighted by atomic mass is 32.1. The van der Waals surface area contributed by atoms with Gasteiger partial charge in [-0.25, -0.2) is 4.79 Å². The van der Waals surface area contributed by atoms with Crippen molar-refractivity contribution in [3.05, 3.63) is 59.2 Å². The van der Waals surface area contributed by atoms with Crippen LogP contribution in [0.25, 0.3) is 0 Å². The van der Waals surface area contributed by atoms with Crippen molar-refractivity contribution in [3.8, 4) is 11.5 Å². The number of rotatable bonds is 8. The minimum atomic E-state index is -0.368. The van der Waals surface area contributed by atoms with Crippen LogP contribution in [-0.2, 0) is 11.3 Å². The van der Waals surface area contributed by atoms with Crippen molar-refractivity contribution in [1.29, 1.82) is 0 Å². The average Bonchev–Trinajstić information content (AvgIpc) is 2.72. The number of nitrogens with one attached hydrogen (secondary N) is 2. The number of nitrogens with zero attached hydrogens (tertiary/aromatic N) is 1. The van der Waals surface area contributed by atoms with Crippen LogP contribution in [0.2, 0.25) is 0 Å². The van der Waals surface area contributed by atoms with Gasteiger partial charge in [0.15, 0.2) is 16.6 Å². The molecule has 0 aliphatic heterocycles. The molecule has 0 saturated heterocycles. The van der Waals surface area contributed by atoms with E-state index in [1.54, 1.807) is 25.5 Å². The topological polar surface area (TPSA) is 81.2 Å². The van der Waals surface area contributed by atoms with Gasteiger partial charge in [-0.05, 0) is 60.6 Å². The molecule has 0 unspecified atom stereocenters. The summed E-state index contributed by atoms with van der Waals surface area (Å²) in [6, 6.07) is 12.5. The average molecular weight is 401 g/mol. The van der Waals surface area contributed by atoms with Crippen molar-refractivity contribution in [2.45, 2.75) is 13.5 Å². The Balaban J connectivity index is 1.99. The SMILES string of the molecule is CCNC(=S)N/N=C\c1ccc(OCc2ccc(C(=O)OC)cc2)c(OC)c1. The predicted octanol–water partition coefficient (Wildman–Crippen LogP) is 2.88. The Hall–Kier alpha value is -3.13. The molecule has 7 nitrogen and oxygen atoms in total. The molecule has 0 aromatic heterocycles. The quantitative estimate of drug-likeness (QED) is 0.305. The third-order valence-corrected chi connectivity index (χ3v) is 3.91. The maximum Gasteiger partial charge on any atom is 0.337 e. The Labute approximate surface area is 169 Å². The molecule has 0 amide bonds. The zero-order valence-corrected chi connectivity index (χ0v) is 16.8. The van der Waals surface area contributed by atoms with E-state index in [1.807, 2.05) is 37.3 Å². The number of carbonyl (C=O) groups excluding carboxylic acids is 1. The largest absolute Gasteiger partial charge is 0.493 e. The second-order valence-electron chi connectivity index (χ2n) is 5.62. The fraction of sp³-hybridized carbons (Fsp3) is 0.250. The molecule has 0 fully saturated rings. The van der Waals surface area contributed by atoms with Crippen molar-refractivity contribution in [2.75, 3.05) is 20.8 Å². The summed E-state index contributed by atoms with van der Waals surface area (Å²) in [4.78, 5) is 11.5. The van der Waals surface area contributed by atoms with Gasteiger partial charge in [0.25, 0.3) is 0 Å². The van der Waals surface area contributed by atoms with Gasteiger partial charge in [0, 0.05) is 6.54 Å². The molecule has 0 spiro atoms. The summed E-state index contributed by atoms with van der Waals surface area (Å²) in [5.41, 5.74) is 4.98. The number of hydrogen-bond donors (Lipinski definition) is 2. The number of hydrazone groups is 1. The van der Waals surface area contributed by atoms with E-state index in [0.717, 1.165) is 17.7 Å². The van der Waals surface area contributed by atoms with Gasteiger partial charge in [-0.2, -0.15) is 5.10 Å². The maximum atomic E-state index is 11.5. The molecule has 0 bridgehead atoms. The van der Waals surface area contributed by atoms with E-state index < -0.39 is 0 Å². The van der Waals surface area contributed by atoms with E-state index in [0.29, 0.717) is 28.8 Å². The predicted molar refractivity (Wildman–Crippen MR) is 112 cm³/mol. The minimum absolute atomic E-state index is 0.337. The first-order chi connectivity index (χ1) is 13.6. The van der Waals surface area contributed by atoms with Crippen LogP contribution in [0.5, 0.6) is 11.5 Å². The highest BCUT2D eigenvalue weighted by Gasteiger charge is 2.07. The molecule has 2 N–H and O–H groups in total. The molecular weight excluding hydrogens is 378 g/mol. The van der Waals surface area contributed by atoms with Gasteiger partial charge in [0.2, 0.25) is 0 Å². The first-order valence-corrected chi connectivity index (χ1v) is 9.03. The number of thiocarbonyl (C=S) groups is 1. The summed E-state index contributed by atoms with van der Waals surface area (Å²) < 4.78 is 15.9. The first-order valence-electron chi connectivity index (χ1n) is 8.62. The van der Waals surface area contributed by atoms with Crippen molar-refractivity contribution >= 4 is 29.5 Å². The monoisotopic (exact) mass is 401 g/mol. The summed E-state index contributed by atoms with van der Waals surface area (Å²) in [6.45, 7) is 3.02. The standard InChI is InChI=1S/C20H23N3O4S/c1-4-21-20(28)23-22-12-15-7-10-17(18(11-15)25-2)27-13-14-5-8-16(9-6-14)19(24)26-3/h5-12H,4,13H2,1-3H3,(H2,21,23,28)/b22-12-. The number of methoxy groups -OCH3 is 2. The Morgan fingerprint density at radius 1 is 1.14 bits per heavy atom. The molecule has 2 aromatic rings. The van der Waals surface area contributed by atoms with Gasteiger partial charge < -0.3 is 19.5 Å². The van der Waals surface area contributed by atoms with E-state index >= 15 is 0 Å². The summed E-state index contributed by atoms with van der Waals surface area (Å²) in [6.07, 6.45) is 1.64. The fourth-order valence-corrected chi connectivity index (χ4v) is 2.46. The van der Waals surface area contributed by atoms with Crippen LogP contribution in [0, 0.1) is 0 Å². The third kappa shape index (κ3) is 6.24. The minimum Gasteiger partial charge on any atom is -0.493 e. The Kier molecular flexibility index (Phi) is 8.23. The van der Waals surface area contributed by atoms with Crippen LogP contribution >= 0.6 is 12.2 Å². The summed E-state index contributed by atoms with van der Waals surface area (Å²) >= 11 is 5.04. The number of benzene rings is 2. The highest BCUT2D eigenvalue weighted by molar-refractivity contribution is 7.80. The van der Waals surface area contributed by atoms with Gasteiger partial charge in [0.05, 0.1) is 26.0 Å². The zero-order valence-electron chi connectivity index (χ0n) is 16.0. The molecule has 0 saturated carbocycles. The van der Waals surface area contributed by atoms with Crippen LogP contribution in [0.4, 0.5) is 0 Å². The van der Waals surface area contributed by atoms with Crippen LogP contribution in [0.3, 0.4) is 0 Å². The molecule has 28 heavy (non-hydrogen) atoms. The van der Waals surface area contributed by atoms with Crippen molar-refractivity contribution < 1.29 is 19.0 Å². The van der Waals surface area contributed by atoms with E-state index in [-0.39, 0.29) is 5.97 Å². The summed E-state index contributed by atoms with van der Waals surface area (Å²) in [5, 5.41) is 7.48. The summed E-state index contributed by atoms with van der Waals surface area (Å²) in [5.74, 6) is 0.823. The van der Waals surface area contributed by atoms with E-state index in [1.165, 1.54) is 7.11 Å². The van der Waals surface area contributed by atoms with Crippen LogP contribution < -0.4 is 20.2 Å². The van der Waals surface area contributed by atoms with Gasteiger partial charge in [0.1, 0.15) is 6.61 Å². The van der Waals surface area contributed by atoms with Gasteiger partial charge in [-0.3, -0.25) is 5.43 Å². The number of ether oxygens (including phenoxy) is 3. The maximum absolute atomic E-state index is 11.5. The lowest BCUT2D eigenvalue weighted by Crippen LogP contribution is -2.31. The van der Waals surface area contributed by atoms with Gasteiger partial charge >= 0.3 is 5.97 Å². The van der Waals surface area contributed by atoms with E-state index in [9.17, 15) is 4.79 Å². The lowest BCUT2D eigenvalue weighted by atomic mass is 10.1. The molecule has 0 radical (unpaired) electrons. The second kappa shape index (κ2) is 10.9. The molecule has 0 aliphatic carbocycles. The fourth-order valence-electron chi connectivity index (χ4n) is 2.27. The second-order valence-corrected chi connectivity index (χ2v) is 6.03. The Morgan fingerprint density at radius 2 is 1.89 bits per heavy atom. The first kappa shape index (κ1) is 21.2. The lowest BCUT2D eigenvalue weighted by molar-refractivity contribution is 0.0600. The van der Waals surface area contributed by atoms with E-state index in [4.69, 9.17) is 21.7 Å². The highest BCUT2D eigenvalue weighted by Crippen LogP contribution is 2.28. The number of carbonyl (C=O) groups is 1. The molecule has 8 heteroatoms. The Bertz CT molecular complexity index is 838. The molecule has 148 valence electrons. The van der Waals surface area contributed by atoms with Gasteiger partial charge in [-0.1, -0.05) is 12.1 Å². The summed E-state index contributed by atoms with van der Waals surface area (Å²) in [7, 11) is 2.93. The normalized spacial score (nSPS) is 10.4. The number of esters is 1. The number of hydrogen-bond acceptors (Lipinski definition) is 6. The van der Waals surface area contributed by atoms with Crippen molar-refractivity contribution in [1.82, 2.24) is 10.7 Å². The van der Waals surface area contributed by atoms with Crippen molar-refractivity contribution in [3.63, 3.8) is 0 Å². The Morgan fingerprint density at radius 3 is 2.54 bits per heavy atom. The molecule has 2 rings (SSSR count). The molecule has 0 heterocycles. The molecule has 0 atom stereocenters. The van der Waals surface area contributed by atoms with Crippen LogP contribution in [0.1, 0.15) is 28.4 Å². The molecule has 2 aromatic carbocycles. The third-order valence-electron chi connectivity index (χ3n) is 3.67. The van der Waals surface area contributed by atoms with Crippen LogP contribution in [-0.4, -0.2) is 38.1 Å². The van der Waals surface area contributed by atoms with Gasteiger partial charge in [-0.15, -0.1) is 0 Å². The van der Waals surface area contributed by atoms with E-state index in [2.05, 4.69) is 20.6 Å². The lowest BCUT2D eigenvalue weighted by Gasteiger charge is -2.11.